The molecule has 1 atom stereocenters. The third-order valence-corrected chi connectivity index (χ3v) is 7.59. The number of rotatable bonds is 5. The number of carbonyl (C=O) groups is 1. The van der Waals surface area contributed by atoms with Gasteiger partial charge in [-0.3, -0.25) is 4.79 Å². The number of sulfonamides is 1. The summed E-state index contributed by atoms with van der Waals surface area (Å²) >= 11 is 0. The Kier molecular flexibility index (Phi) is 6.32. The van der Waals surface area contributed by atoms with E-state index in [2.05, 4.69) is 35.4 Å². The van der Waals surface area contributed by atoms with Crippen LogP contribution >= 0.6 is 0 Å². The smallest absolute Gasteiger partial charge is 0.281 e. The number of carbonyl (C=O) groups excluding carboxylic acids is 1. The maximum Gasteiger partial charge on any atom is 0.281 e. The zero-order valence-corrected chi connectivity index (χ0v) is 20.1. The van der Waals surface area contributed by atoms with Gasteiger partial charge >= 0.3 is 0 Å². The van der Waals surface area contributed by atoms with Crippen LogP contribution in [0.2, 0.25) is 0 Å². The zero-order chi connectivity index (χ0) is 23.8. The van der Waals surface area contributed by atoms with E-state index in [0.29, 0.717) is 24.9 Å². The fourth-order valence-corrected chi connectivity index (χ4v) is 5.78. The largest absolute Gasteiger partial charge is 0.384 e. The summed E-state index contributed by atoms with van der Waals surface area (Å²) in [6.07, 6.45) is 2.68. The molecular formula is C23H31N5O4S. The van der Waals surface area contributed by atoms with E-state index in [9.17, 15) is 13.2 Å². The molecule has 4 heterocycles. The zero-order valence-electron chi connectivity index (χ0n) is 19.2. The standard InChI is InChI=1S/C23H31N5O4S/c1-15-13-23(2,3)28(14-15)21-17(7-8-18(25-21)16-9-11-32-12-10-16)22(29)27-33(30,31)20-6-4-5-19(24)26-20/h4-8,15-16H,9-14H2,1-3H3,(H2,24,26)(H,27,29)/t15-/m0/s1. The first kappa shape index (κ1) is 23.4. The van der Waals surface area contributed by atoms with Crippen LogP contribution in [0.1, 0.15) is 62.0 Å². The Morgan fingerprint density at radius 1 is 1.18 bits per heavy atom. The van der Waals surface area contributed by atoms with E-state index in [0.717, 1.165) is 31.5 Å². The summed E-state index contributed by atoms with van der Waals surface area (Å²) in [5.41, 5.74) is 6.53. The van der Waals surface area contributed by atoms with Crippen LogP contribution in [0.3, 0.4) is 0 Å². The van der Waals surface area contributed by atoms with E-state index in [1.165, 1.54) is 18.2 Å². The van der Waals surface area contributed by atoms with Crippen LogP contribution < -0.4 is 15.4 Å². The fraction of sp³-hybridized carbons (Fsp3) is 0.522. The Labute approximate surface area is 194 Å². The molecule has 0 spiro atoms. The number of ether oxygens (including phenoxy) is 1. The first-order chi connectivity index (χ1) is 15.6. The van der Waals surface area contributed by atoms with E-state index in [1.54, 1.807) is 6.07 Å². The number of amides is 1. The lowest BCUT2D eigenvalue weighted by Gasteiger charge is -2.34. The van der Waals surface area contributed by atoms with Crippen molar-refractivity contribution in [3.8, 4) is 0 Å². The second kappa shape index (κ2) is 8.90. The van der Waals surface area contributed by atoms with Crippen molar-refractivity contribution in [3.05, 3.63) is 41.6 Å². The molecule has 0 bridgehead atoms. The van der Waals surface area contributed by atoms with Crippen LogP contribution in [-0.4, -0.2) is 49.6 Å². The topological polar surface area (TPSA) is 128 Å². The quantitative estimate of drug-likeness (QED) is 0.678. The lowest BCUT2D eigenvalue weighted by atomic mass is 9.95. The number of nitrogens with one attached hydrogen (secondary N) is 1. The third-order valence-electron chi connectivity index (χ3n) is 6.36. The van der Waals surface area contributed by atoms with Gasteiger partial charge in [-0.25, -0.2) is 14.7 Å². The summed E-state index contributed by atoms with van der Waals surface area (Å²) in [4.78, 5) is 24.1. The van der Waals surface area contributed by atoms with Gasteiger partial charge in [-0.2, -0.15) is 8.42 Å². The Morgan fingerprint density at radius 2 is 1.91 bits per heavy atom. The summed E-state index contributed by atoms with van der Waals surface area (Å²) in [7, 11) is -4.19. The Balaban J connectivity index is 1.71. The molecule has 1 amide bonds. The van der Waals surface area contributed by atoms with Gasteiger partial charge in [0.1, 0.15) is 11.6 Å². The van der Waals surface area contributed by atoms with Crippen LogP contribution in [0, 0.1) is 5.92 Å². The average molecular weight is 474 g/mol. The van der Waals surface area contributed by atoms with Crippen LogP contribution in [0.4, 0.5) is 11.6 Å². The van der Waals surface area contributed by atoms with Crippen molar-refractivity contribution in [2.24, 2.45) is 5.92 Å². The minimum atomic E-state index is -4.19. The van der Waals surface area contributed by atoms with Gasteiger partial charge in [0.2, 0.25) is 0 Å². The first-order valence-electron chi connectivity index (χ1n) is 11.2. The molecule has 33 heavy (non-hydrogen) atoms. The molecule has 178 valence electrons. The molecule has 3 N–H and O–H groups in total. The van der Waals surface area contributed by atoms with Crippen molar-refractivity contribution >= 4 is 27.6 Å². The second-order valence-electron chi connectivity index (χ2n) is 9.56. The molecule has 9 nitrogen and oxygen atoms in total. The maximum absolute atomic E-state index is 13.2. The van der Waals surface area contributed by atoms with E-state index >= 15 is 0 Å². The average Bonchev–Trinajstić information content (AvgIpc) is 3.05. The highest BCUT2D eigenvalue weighted by Crippen LogP contribution is 2.38. The van der Waals surface area contributed by atoms with E-state index in [1.807, 2.05) is 6.07 Å². The third kappa shape index (κ3) is 4.96. The predicted molar refractivity (Wildman–Crippen MR) is 126 cm³/mol. The molecular weight excluding hydrogens is 442 g/mol. The summed E-state index contributed by atoms with van der Waals surface area (Å²) in [5, 5.41) is -0.306. The molecule has 2 saturated heterocycles. The Hall–Kier alpha value is -2.72. The lowest BCUT2D eigenvalue weighted by molar-refractivity contribution is 0.0844. The van der Waals surface area contributed by atoms with E-state index < -0.39 is 15.9 Å². The number of nitrogens with zero attached hydrogens (tertiary/aromatic N) is 3. The predicted octanol–water partition coefficient (Wildman–Crippen LogP) is 2.70. The molecule has 2 aromatic heterocycles. The van der Waals surface area contributed by atoms with E-state index in [-0.39, 0.29) is 27.9 Å². The van der Waals surface area contributed by atoms with Gasteiger partial charge in [-0.15, -0.1) is 0 Å². The molecule has 4 rings (SSSR count). The minimum absolute atomic E-state index is 0.0568. The van der Waals surface area contributed by atoms with Crippen molar-refractivity contribution < 1.29 is 17.9 Å². The number of nitrogen functional groups attached to an aromatic ring is 1. The summed E-state index contributed by atoms with van der Waals surface area (Å²) < 4.78 is 33.2. The van der Waals surface area contributed by atoms with Gasteiger partial charge < -0.3 is 15.4 Å². The van der Waals surface area contributed by atoms with Gasteiger partial charge in [0, 0.05) is 36.9 Å². The number of hydrogen-bond acceptors (Lipinski definition) is 8. The minimum Gasteiger partial charge on any atom is -0.384 e. The van der Waals surface area contributed by atoms with Crippen molar-refractivity contribution in [1.82, 2.24) is 14.7 Å². The normalized spacial score (nSPS) is 21.2. The van der Waals surface area contributed by atoms with Crippen molar-refractivity contribution in [1.29, 1.82) is 0 Å². The van der Waals surface area contributed by atoms with E-state index in [4.69, 9.17) is 15.5 Å². The van der Waals surface area contributed by atoms with Crippen LogP contribution in [-0.2, 0) is 14.8 Å². The SMILES string of the molecule is C[C@@H]1CN(c2nc(C3CCOCC3)ccc2C(=O)NS(=O)(=O)c2cccc(N)n2)C(C)(C)C1. The summed E-state index contributed by atoms with van der Waals surface area (Å²) in [6.45, 7) is 8.51. The fourth-order valence-electron chi connectivity index (χ4n) is 4.84. The maximum atomic E-state index is 13.2. The Bertz CT molecular complexity index is 1150. The molecule has 0 saturated carbocycles. The number of pyridine rings is 2. The molecule has 0 aliphatic carbocycles. The van der Waals surface area contributed by atoms with Gasteiger partial charge in [0.05, 0.1) is 5.56 Å². The van der Waals surface area contributed by atoms with Crippen LogP contribution in [0.15, 0.2) is 35.4 Å². The molecule has 10 heteroatoms. The molecule has 0 unspecified atom stereocenters. The number of nitrogens with two attached hydrogens (primary N) is 1. The molecule has 2 aliphatic rings. The highest BCUT2D eigenvalue weighted by Gasteiger charge is 2.39. The first-order valence-corrected chi connectivity index (χ1v) is 12.7. The lowest BCUT2D eigenvalue weighted by Crippen LogP contribution is -2.41. The van der Waals surface area contributed by atoms with Crippen molar-refractivity contribution in [2.45, 2.75) is 56.5 Å². The number of aromatic nitrogens is 2. The Morgan fingerprint density at radius 3 is 2.55 bits per heavy atom. The van der Waals surface area contributed by atoms with Gasteiger partial charge in [0.15, 0.2) is 5.03 Å². The second-order valence-corrected chi connectivity index (χ2v) is 11.2. The molecule has 2 fully saturated rings. The van der Waals surface area contributed by atoms with Crippen LogP contribution in [0.5, 0.6) is 0 Å². The summed E-state index contributed by atoms with van der Waals surface area (Å²) in [6, 6.07) is 7.76. The van der Waals surface area contributed by atoms with Crippen molar-refractivity contribution in [2.75, 3.05) is 30.4 Å². The molecule has 0 radical (unpaired) electrons. The monoisotopic (exact) mass is 473 g/mol. The molecule has 0 aromatic carbocycles. The van der Waals surface area contributed by atoms with Gasteiger partial charge in [0.25, 0.3) is 15.9 Å². The molecule has 2 aliphatic heterocycles. The van der Waals surface area contributed by atoms with Gasteiger partial charge in [-0.05, 0) is 63.3 Å². The molecule has 2 aromatic rings. The highest BCUT2D eigenvalue weighted by molar-refractivity contribution is 7.90. The number of hydrogen-bond donors (Lipinski definition) is 2. The van der Waals surface area contributed by atoms with Gasteiger partial charge in [-0.1, -0.05) is 13.0 Å². The number of anilines is 2. The summed E-state index contributed by atoms with van der Waals surface area (Å²) in [5.74, 6) is 0.501. The van der Waals surface area contributed by atoms with Crippen molar-refractivity contribution in [3.63, 3.8) is 0 Å². The highest BCUT2D eigenvalue weighted by atomic mass is 32.2. The van der Waals surface area contributed by atoms with Crippen LogP contribution in [0.25, 0.3) is 0 Å².